The lowest BCUT2D eigenvalue weighted by molar-refractivity contribution is 0.150. The maximum atomic E-state index is 12.3. The molecule has 0 aliphatic rings. The van der Waals surface area contributed by atoms with Crippen molar-refractivity contribution in [2.75, 3.05) is 0 Å². The van der Waals surface area contributed by atoms with Crippen molar-refractivity contribution in [3.8, 4) is 0 Å². The van der Waals surface area contributed by atoms with Crippen molar-refractivity contribution in [3.63, 3.8) is 0 Å². The first-order valence-electron chi connectivity index (χ1n) is 2.82. The quantitative estimate of drug-likeness (QED) is 0.499. The van der Waals surface area contributed by atoms with Gasteiger partial charge in [-0.15, -0.1) is 0 Å². The first-order valence-corrected chi connectivity index (χ1v) is 5.48. The molecule has 0 aromatic carbocycles. The number of nitrogens with zero attached hydrogens (tertiary/aromatic N) is 1. The van der Waals surface area contributed by atoms with Crippen LogP contribution in [0.15, 0.2) is 15.3 Å². The highest BCUT2D eigenvalue weighted by Gasteiger charge is 2.15. The van der Waals surface area contributed by atoms with Gasteiger partial charge >= 0.3 is 0 Å². The van der Waals surface area contributed by atoms with E-state index in [2.05, 4.69) is 36.8 Å². The Hall–Kier alpha value is 0.700. The van der Waals surface area contributed by atoms with Crippen LogP contribution in [-0.2, 0) is 0 Å². The zero-order valence-corrected chi connectivity index (χ0v) is 10.8. The molecule has 0 aliphatic heterocycles. The Morgan fingerprint density at radius 1 is 1.42 bits per heavy atom. The molecule has 0 bridgehead atoms. The van der Waals surface area contributed by atoms with Crippen LogP contribution in [0.25, 0.3) is 0 Å². The number of alkyl halides is 2. The summed E-state index contributed by atoms with van der Waals surface area (Å²) in [6, 6.07) is 1.32. The second-order valence-electron chi connectivity index (χ2n) is 1.94. The maximum absolute atomic E-state index is 12.3. The highest BCUT2D eigenvalue weighted by atomic mass is 127. The molecule has 1 nitrogen and oxygen atoms in total. The molecule has 0 aliphatic carbocycles. The minimum Gasteiger partial charge on any atom is -0.233 e. The van der Waals surface area contributed by atoms with Gasteiger partial charge in [0.15, 0.2) is 0 Å². The van der Waals surface area contributed by atoms with E-state index >= 15 is 0 Å². The lowest BCUT2D eigenvalue weighted by atomic mass is 10.3. The number of aromatic nitrogens is 1. The minimum atomic E-state index is -2.47. The topological polar surface area (TPSA) is 12.9 Å². The van der Waals surface area contributed by atoms with E-state index in [1.165, 1.54) is 6.07 Å². The van der Waals surface area contributed by atoms with Crippen molar-refractivity contribution in [2.24, 2.45) is 0 Å². The fourth-order valence-corrected chi connectivity index (χ4v) is 2.24. The summed E-state index contributed by atoms with van der Waals surface area (Å²) in [6.07, 6.45) is -2.47. The predicted molar refractivity (Wildman–Crippen MR) is 57.3 cm³/mol. The average molecular weight is 413 g/mol. The molecule has 1 rings (SSSR count). The molecular formula is C6H2Br2F2IN. The molecule has 0 spiro atoms. The van der Waals surface area contributed by atoms with Gasteiger partial charge in [0.2, 0.25) is 0 Å². The number of halogens is 5. The van der Waals surface area contributed by atoms with E-state index in [4.69, 9.17) is 0 Å². The van der Waals surface area contributed by atoms with Gasteiger partial charge < -0.3 is 0 Å². The molecule has 0 radical (unpaired) electrons. The molecule has 0 saturated carbocycles. The fraction of sp³-hybridized carbons (Fsp3) is 0.167. The second-order valence-corrected chi connectivity index (χ2v) is 4.58. The Morgan fingerprint density at radius 2 is 2.00 bits per heavy atom. The van der Waals surface area contributed by atoms with Crippen LogP contribution in [0.3, 0.4) is 0 Å². The third kappa shape index (κ3) is 2.35. The standard InChI is InChI=1S/C6H2Br2F2IN/c7-3-1-2(6(9)10)4(11)5(8)12-3/h1,6H. The van der Waals surface area contributed by atoms with E-state index in [0.29, 0.717) is 12.8 Å². The summed E-state index contributed by atoms with van der Waals surface area (Å²) in [6.45, 7) is 0. The van der Waals surface area contributed by atoms with Gasteiger partial charge in [-0.2, -0.15) is 0 Å². The minimum absolute atomic E-state index is 0.00986. The maximum Gasteiger partial charge on any atom is 0.265 e. The van der Waals surface area contributed by atoms with Gasteiger partial charge in [-0.25, -0.2) is 13.8 Å². The summed E-state index contributed by atoms with van der Waals surface area (Å²) in [5.74, 6) is 0. The molecule has 66 valence electrons. The Morgan fingerprint density at radius 3 is 2.50 bits per heavy atom. The summed E-state index contributed by atoms with van der Waals surface area (Å²) in [7, 11) is 0. The SMILES string of the molecule is FC(F)c1cc(Br)nc(Br)c1I. The summed E-state index contributed by atoms with van der Waals surface area (Å²) in [5, 5.41) is 0. The van der Waals surface area contributed by atoms with Gasteiger partial charge in [-0.3, -0.25) is 0 Å². The first-order chi connectivity index (χ1) is 5.52. The van der Waals surface area contributed by atoms with Crippen LogP contribution in [0, 0.1) is 3.57 Å². The van der Waals surface area contributed by atoms with Gasteiger partial charge in [0, 0.05) is 5.56 Å². The van der Waals surface area contributed by atoms with E-state index in [1.54, 1.807) is 0 Å². The van der Waals surface area contributed by atoms with Crippen molar-refractivity contribution in [1.29, 1.82) is 0 Å². The first kappa shape index (κ1) is 10.8. The molecule has 0 amide bonds. The number of hydrogen-bond donors (Lipinski definition) is 0. The van der Waals surface area contributed by atoms with Crippen LogP contribution in [0.2, 0.25) is 0 Å². The van der Waals surface area contributed by atoms with Crippen molar-refractivity contribution in [2.45, 2.75) is 6.43 Å². The number of pyridine rings is 1. The van der Waals surface area contributed by atoms with Gasteiger partial charge in [0.05, 0.1) is 3.57 Å². The van der Waals surface area contributed by atoms with Crippen molar-refractivity contribution >= 4 is 54.5 Å². The van der Waals surface area contributed by atoms with Crippen molar-refractivity contribution < 1.29 is 8.78 Å². The second kappa shape index (κ2) is 4.28. The average Bonchev–Trinajstić information content (AvgIpc) is 1.96. The van der Waals surface area contributed by atoms with Gasteiger partial charge in [-0.05, 0) is 60.5 Å². The predicted octanol–water partition coefficient (Wildman–Crippen LogP) is 4.15. The largest absolute Gasteiger partial charge is 0.265 e. The summed E-state index contributed by atoms with van der Waals surface area (Å²) < 4.78 is 25.9. The molecule has 12 heavy (non-hydrogen) atoms. The molecular weight excluding hydrogens is 411 g/mol. The molecule has 1 heterocycles. The zero-order chi connectivity index (χ0) is 9.30. The highest BCUT2D eigenvalue weighted by Crippen LogP contribution is 2.30. The summed E-state index contributed by atoms with van der Waals surface area (Å²) in [4.78, 5) is 3.91. The Labute approximate surface area is 98.3 Å². The highest BCUT2D eigenvalue weighted by molar-refractivity contribution is 14.1. The molecule has 0 saturated heterocycles. The van der Waals surface area contributed by atoms with Crippen LogP contribution < -0.4 is 0 Å². The van der Waals surface area contributed by atoms with E-state index in [9.17, 15) is 8.78 Å². The van der Waals surface area contributed by atoms with E-state index < -0.39 is 6.43 Å². The molecule has 1 aromatic rings. The van der Waals surface area contributed by atoms with Gasteiger partial charge in [0.25, 0.3) is 6.43 Å². The fourth-order valence-electron chi connectivity index (χ4n) is 0.645. The number of hydrogen-bond acceptors (Lipinski definition) is 1. The third-order valence-electron chi connectivity index (χ3n) is 1.15. The molecule has 1 aromatic heterocycles. The Bertz CT molecular complexity index is 306. The normalized spacial score (nSPS) is 10.8. The lowest BCUT2D eigenvalue weighted by Crippen LogP contribution is -1.93. The van der Waals surface area contributed by atoms with Gasteiger partial charge in [0.1, 0.15) is 9.21 Å². The lowest BCUT2D eigenvalue weighted by Gasteiger charge is -2.04. The van der Waals surface area contributed by atoms with E-state index in [0.717, 1.165) is 0 Å². The zero-order valence-electron chi connectivity index (χ0n) is 5.49. The Kier molecular flexibility index (Phi) is 3.84. The Balaban J connectivity index is 3.28. The van der Waals surface area contributed by atoms with Crippen LogP contribution in [-0.4, -0.2) is 4.98 Å². The van der Waals surface area contributed by atoms with Crippen LogP contribution in [0.5, 0.6) is 0 Å². The number of rotatable bonds is 1. The van der Waals surface area contributed by atoms with Crippen LogP contribution in [0.1, 0.15) is 12.0 Å². The van der Waals surface area contributed by atoms with Crippen molar-refractivity contribution in [1.82, 2.24) is 4.98 Å². The third-order valence-corrected chi connectivity index (χ3v) is 4.00. The molecule has 0 atom stereocenters. The van der Waals surface area contributed by atoms with Crippen LogP contribution >= 0.6 is 54.5 Å². The molecule has 0 unspecified atom stereocenters. The molecule has 6 heteroatoms. The van der Waals surface area contributed by atoms with Gasteiger partial charge in [-0.1, -0.05) is 0 Å². The molecule has 0 fully saturated rings. The van der Waals surface area contributed by atoms with E-state index in [-0.39, 0.29) is 5.56 Å². The molecule has 0 N–H and O–H groups in total. The van der Waals surface area contributed by atoms with Crippen molar-refractivity contribution in [3.05, 3.63) is 24.4 Å². The van der Waals surface area contributed by atoms with Crippen LogP contribution in [0.4, 0.5) is 8.78 Å². The smallest absolute Gasteiger partial charge is 0.233 e. The summed E-state index contributed by atoms with van der Waals surface area (Å²) >= 11 is 7.95. The summed E-state index contributed by atoms with van der Waals surface area (Å²) in [5.41, 5.74) is -0.00986. The monoisotopic (exact) mass is 411 g/mol. The van der Waals surface area contributed by atoms with E-state index in [1.807, 2.05) is 22.6 Å².